The van der Waals surface area contributed by atoms with Gasteiger partial charge in [-0.2, -0.15) is 14.6 Å². The van der Waals surface area contributed by atoms with Gasteiger partial charge < -0.3 is 4.90 Å². The van der Waals surface area contributed by atoms with E-state index >= 15 is 0 Å². The van der Waals surface area contributed by atoms with Crippen molar-refractivity contribution >= 4 is 5.82 Å². The van der Waals surface area contributed by atoms with Crippen LogP contribution in [-0.4, -0.2) is 18.1 Å². The molecule has 0 atom stereocenters. The Balaban J connectivity index is 3.04. The number of rotatable bonds is 5. The van der Waals surface area contributed by atoms with Crippen molar-refractivity contribution in [2.24, 2.45) is 5.92 Å². The lowest BCUT2D eigenvalue weighted by Gasteiger charge is -2.24. The maximum atomic E-state index is 13.6. The third-order valence-corrected chi connectivity index (χ3v) is 2.25. The predicted molar refractivity (Wildman–Crippen MR) is 61.4 cm³/mol. The summed E-state index contributed by atoms with van der Waals surface area (Å²) in [5.41, 5.74) is 0. The van der Waals surface area contributed by atoms with E-state index in [2.05, 4.69) is 4.98 Å². The molecule has 0 aliphatic heterocycles. The SMILES string of the molecule is CC(C)CN(CCC#N)c1nc(F)c(F)cc1F. The van der Waals surface area contributed by atoms with Crippen molar-refractivity contribution in [3.63, 3.8) is 0 Å². The largest absolute Gasteiger partial charge is 0.353 e. The summed E-state index contributed by atoms with van der Waals surface area (Å²) < 4.78 is 39.4. The zero-order valence-electron chi connectivity index (χ0n) is 10.3. The average Bonchev–Trinajstić information content (AvgIpc) is 2.29. The Morgan fingerprint density at radius 1 is 1.33 bits per heavy atom. The summed E-state index contributed by atoms with van der Waals surface area (Å²) >= 11 is 0. The van der Waals surface area contributed by atoms with Gasteiger partial charge in [-0.25, -0.2) is 8.78 Å². The summed E-state index contributed by atoms with van der Waals surface area (Å²) in [4.78, 5) is 4.73. The Bertz CT molecular complexity index is 455. The lowest BCUT2D eigenvalue weighted by Crippen LogP contribution is -2.30. The van der Waals surface area contributed by atoms with E-state index in [1.54, 1.807) is 0 Å². The van der Waals surface area contributed by atoms with Crippen LogP contribution in [0.5, 0.6) is 0 Å². The highest BCUT2D eigenvalue weighted by molar-refractivity contribution is 5.40. The molecule has 1 heterocycles. The molecular weight excluding hydrogens is 243 g/mol. The summed E-state index contributed by atoms with van der Waals surface area (Å²) in [5, 5.41) is 8.54. The second-order valence-corrected chi connectivity index (χ2v) is 4.31. The number of nitrogens with zero attached hydrogens (tertiary/aromatic N) is 3. The molecule has 0 bridgehead atoms. The standard InChI is InChI=1S/C12H14F3N3/c1-8(2)7-18(5-3-4-16)12-10(14)6-9(13)11(15)17-12/h6,8H,3,5,7H2,1-2H3. The molecule has 1 rings (SSSR count). The number of aromatic nitrogens is 1. The summed E-state index contributed by atoms with van der Waals surface area (Å²) in [6.07, 6.45) is 0.160. The van der Waals surface area contributed by atoms with Crippen LogP contribution in [0.2, 0.25) is 0 Å². The van der Waals surface area contributed by atoms with E-state index in [0.29, 0.717) is 12.6 Å². The predicted octanol–water partition coefficient (Wildman–Crippen LogP) is 2.87. The van der Waals surface area contributed by atoms with Crippen LogP contribution in [0.4, 0.5) is 19.0 Å². The van der Waals surface area contributed by atoms with Crippen LogP contribution < -0.4 is 4.90 Å². The number of halogens is 3. The van der Waals surface area contributed by atoms with Crippen LogP contribution in [0, 0.1) is 34.8 Å². The minimum Gasteiger partial charge on any atom is -0.353 e. The van der Waals surface area contributed by atoms with Crippen molar-refractivity contribution in [1.82, 2.24) is 4.98 Å². The first-order valence-electron chi connectivity index (χ1n) is 5.59. The van der Waals surface area contributed by atoms with Crippen molar-refractivity contribution in [3.05, 3.63) is 23.6 Å². The van der Waals surface area contributed by atoms with Crippen molar-refractivity contribution in [2.75, 3.05) is 18.0 Å². The van der Waals surface area contributed by atoms with Crippen LogP contribution in [0.25, 0.3) is 0 Å². The smallest absolute Gasteiger partial charge is 0.251 e. The fourth-order valence-electron chi connectivity index (χ4n) is 1.57. The minimum atomic E-state index is -1.34. The molecule has 0 aliphatic carbocycles. The van der Waals surface area contributed by atoms with E-state index in [9.17, 15) is 13.2 Å². The highest BCUT2D eigenvalue weighted by atomic mass is 19.2. The molecule has 6 heteroatoms. The molecule has 0 unspecified atom stereocenters. The van der Waals surface area contributed by atoms with Gasteiger partial charge in [-0.05, 0) is 5.92 Å². The van der Waals surface area contributed by atoms with E-state index in [-0.39, 0.29) is 24.7 Å². The molecule has 18 heavy (non-hydrogen) atoms. The van der Waals surface area contributed by atoms with Crippen LogP contribution in [0.1, 0.15) is 20.3 Å². The van der Waals surface area contributed by atoms with Gasteiger partial charge in [0.25, 0.3) is 5.95 Å². The van der Waals surface area contributed by atoms with Crippen molar-refractivity contribution in [1.29, 1.82) is 5.26 Å². The van der Waals surface area contributed by atoms with E-state index < -0.39 is 17.6 Å². The molecule has 0 spiro atoms. The van der Waals surface area contributed by atoms with Crippen LogP contribution in [-0.2, 0) is 0 Å². The Hall–Kier alpha value is -1.77. The van der Waals surface area contributed by atoms with E-state index in [1.807, 2.05) is 19.9 Å². The molecule has 0 fully saturated rings. The second kappa shape index (κ2) is 6.24. The summed E-state index contributed by atoms with van der Waals surface area (Å²) in [6, 6.07) is 2.40. The van der Waals surface area contributed by atoms with Crippen molar-refractivity contribution in [3.8, 4) is 6.07 Å². The Morgan fingerprint density at radius 2 is 2.00 bits per heavy atom. The molecule has 0 N–H and O–H groups in total. The minimum absolute atomic E-state index is 0.160. The highest BCUT2D eigenvalue weighted by Gasteiger charge is 2.18. The number of hydrogen-bond acceptors (Lipinski definition) is 3. The van der Waals surface area contributed by atoms with Crippen molar-refractivity contribution in [2.45, 2.75) is 20.3 Å². The Kier molecular flexibility index (Phi) is 4.95. The van der Waals surface area contributed by atoms with Gasteiger partial charge in [-0.15, -0.1) is 0 Å². The first kappa shape index (κ1) is 14.3. The zero-order chi connectivity index (χ0) is 13.7. The second-order valence-electron chi connectivity index (χ2n) is 4.31. The molecular formula is C12H14F3N3. The van der Waals surface area contributed by atoms with E-state index in [1.165, 1.54) is 4.90 Å². The quantitative estimate of drug-likeness (QED) is 0.761. The van der Waals surface area contributed by atoms with Gasteiger partial charge >= 0.3 is 0 Å². The molecule has 0 amide bonds. The molecule has 0 saturated heterocycles. The van der Waals surface area contributed by atoms with Crippen LogP contribution in [0.15, 0.2) is 6.07 Å². The topological polar surface area (TPSA) is 39.9 Å². The number of anilines is 1. The number of hydrogen-bond donors (Lipinski definition) is 0. The first-order chi connectivity index (χ1) is 8.45. The summed E-state index contributed by atoms with van der Waals surface area (Å²) in [6.45, 7) is 4.44. The third kappa shape index (κ3) is 3.62. The molecule has 0 saturated carbocycles. The van der Waals surface area contributed by atoms with Crippen LogP contribution in [0.3, 0.4) is 0 Å². The maximum absolute atomic E-state index is 13.6. The first-order valence-corrected chi connectivity index (χ1v) is 5.59. The van der Waals surface area contributed by atoms with Gasteiger partial charge in [0.1, 0.15) is 0 Å². The Morgan fingerprint density at radius 3 is 2.56 bits per heavy atom. The summed E-state index contributed by atoms with van der Waals surface area (Å²) in [7, 11) is 0. The third-order valence-electron chi connectivity index (χ3n) is 2.25. The lowest BCUT2D eigenvalue weighted by atomic mass is 10.2. The number of pyridine rings is 1. The Labute approximate surface area is 104 Å². The molecule has 0 aromatic carbocycles. The van der Waals surface area contributed by atoms with Gasteiger partial charge in [-0.1, -0.05) is 13.8 Å². The molecule has 1 aromatic rings. The van der Waals surface area contributed by atoms with Crippen molar-refractivity contribution < 1.29 is 13.2 Å². The van der Waals surface area contributed by atoms with Gasteiger partial charge in [0, 0.05) is 19.2 Å². The zero-order valence-corrected chi connectivity index (χ0v) is 10.3. The monoisotopic (exact) mass is 257 g/mol. The molecule has 0 aliphatic rings. The van der Waals surface area contributed by atoms with Gasteiger partial charge in [0.15, 0.2) is 17.5 Å². The van der Waals surface area contributed by atoms with Gasteiger partial charge in [-0.3, -0.25) is 0 Å². The van der Waals surface area contributed by atoms with Gasteiger partial charge in [0.05, 0.1) is 12.5 Å². The summed E-state index contributed by atoms with van der Waals surface area (Å²) in [5.74, 6) is -3.65. The maximum Gasteiger partial charge on any atom is 0.251 e. The molecule has 3 nitrogen and oxygen atoms in total. The number of nitriles is 1. The normalized spacial score (nSPS) is 10.5. The van der Waals surface area contributed by atoms with Gasteiger partial charge in [0.2, 0.25) is 0 Å². The van der Waals surface area contributed by atoms with E-state index in [4.69, 9.17) is 5.26 Å². The van der Waals surface area contributed by atoms with Crippen LogP contribution >= 0.6 is 0 Å². The van der Waals surface area contributed by atoms with E-state index in [0.717, 1.165) is 0 Å². The fraction of sp³-hybridized carbons (Fsp3) is 0.500. The molecule has 98 valence electrons. The fourth-order valence-corrected chi connectivity index (χ4v) is 1.57. The average molecular weight is 257 g/mol. The molecule has 1 aromatic heterocycles. The molecule has 0 radical (unpaired) electrons. The highest BCUT2D eigenvalue weighted by Crippen LogP contribution is 2.20. The lowest BCUT2D eigenvalue weighted by molar-refractivity contribution is 0.460.